The minimum atomic E-state index is -5.07. The van der Waals surface area contributed by atoms with Crippen molar-refractivity contribution in [1.29, 1.82) is 15.8 Å². The highest BCUT2D eigenvalue weighted by atomic mass is 32.2. The van der Waals surface area contributed by atoms with E-state index in [0.717, 1.165) is 66.2 Å². The molecule has 2 atom stereocenters. The Hall–Kier alpha value is -5.89. The second-order valence-corrected chi connectivity index (χ2v) is 30.1. The third-order valence-corrected chi connectivity index (χ3v) is 24.4. The molecule has 9 aliphatic carbocycles. The van der Waals surface area contributed by atoms with Crippen LogP contribution >= 0.6 is 10.9 Å². The average molecular weight is 1070 g/mol. The van der Waals surface area contributed by atoms with Gasteiger partial charge in [0.25, 0.3) is 5.60 Å². The van der Waals surface area contributed by atoms with Crippen molar-refractivity contribution in [3.05, 3.63) is 152 Å². The quantitative estimate of drug-likeness (QED) is 0.161. The molecule has 11 aliphatic rings. The molecule has 10 heteroatoms. The summed E-state index contributed by atoms with van der Waals surface area (Å²) in [5.41, 5.74) is 3.55. The fraction of sp³-hybridized carbons (Fsp3) is 0.515. The van der Waals surface area contributed by atoms with Crippen LogP contribution in [0.5, 0.6) is 5.75 Å². The smallest absolute Gasteiger partial charge is 0.437 e. The third-order valence-electron chi connectivity index (χ3n) is 20.4. The molecule has 0 saturated heterocycles. The number of hydrogen-bond acceptors (Lipinski definition) is 6. The number of benzene rings is 3. The van der Waals surface area contributed by atoms with Crippen molar-refractivity contribution in [1.82, 2.24) is 0 Å². The van der Waals surface area contributed by atoms with Gasteiger partial charge in [0.2, 0.25) is 0 Å². The molecule has 0 amide bonds. The number of ether oxygens (including phenoxy) is 2. The molecular formula is C68H75F3N4O2S. The van der Waals surface area contributed by atoms with E-state index in [1.165, 1.54) is 146 Å². The summed E-state index contributed by atoms with van der Waals surface area (Å²) in [7, 11) is 0.938. The molecule has 14 rings (SSSR count). The first-order valence-corrected chi connectivity index (χ1v) is 30.2. The first-order chi connectivity index (χ1) is 37.2. The summed E-state index contributed by atoms with van der Waals surface area (Å²) in [6, 6.07) is 26.0. The van der Waals surface area contributed by atoms with E-state index in [1.807, 2.05) is 18.2 Å². The van der Waals surface area contributed by atoms with Crippen LogP contribution < -0.4 is 9.64 Å². The monoisotopic (exact) mass is 1070 g/mol. The minimum absolute atomic E-state index is 0.121. The molecule has 8 saturated carbocycles. The lowest BCUT2D eigenvalue weighted by Gasteiger charge is -2.70. The number of hydrogen-bond donors (Lipinski definition) is 1. The van der Waals surface area contributed by atoms with Crippen LogP contribution in [0, 0.1) is 81.8 Å². The molecule has 0 spiro atoms. The van der Waals surface area contributed by atoms with Gasteiger partial charge in [-0.1, -0.05) is 81.5 Å². The fourth-order valence-corrected chi connectivity index (χ4v) is 24.0. The molecule has 2 aliphatic heterocycles. The molecule has 3 aromatic carbocycles. The predicted molar refractivity (Wildman–Crippen MR) is 307 cm³/mol. The molecule has 8 fully saturated rings. The predicted octanol–water partition coefficient (Wildman–Crippen LogP) is 17.5. The number of nitrogens with zero attached hydrogens (tertiary/aromatic N) is 4. The number of thiol groups is 1. The third kappa shape index (κ3) is 8.71. The molecule has 6 nitrogen and oxygen atoms in total. The van der Waals surface area contributed by atoms with Crippen LogP contribution in [0.25, 0.3) is 6.08 Å². The number of allylic oxidation sites excluding steroid dienone is 7. The highest BCUT2D eigenvalue weighted by Crippen LogP contribution is 2.79. The lowest BCUT2D eigenvalue weighted by Crippen LogP contribution is -2.58. The standard InChI is InChI=1S/C68H75F3N4O2S/c1-42-22-60-57(43(2)30-64(5,6)75(60)55-18-20-56(76-7)21-19-55)29-50(42)16-17-52-38-63(3,4)37-51(12-11-15-59-58(41-74)61(53(39-72)40-73)77-67(59,68(69,70)71)54-13-9-8-10-14-54)62(52)78(65-31-44-23-45(32-65)25-46(24-44)33-65)66-34-47-26-48(35-66)28-49(27-47)36-66/h8-22,29,43-49,78H,23-28,30-38H2,1-7H3/b15-11+,17-16+,51-12+. The van der Waals surface area contributed by atoms with Crippen molar-refractivity contribution in [2.45, 2.75) is 171 Å². The Kier molecular flexibility index (Phi) is 13.0. The number of halogens is 3. The van der Waals surface area contributed by atoms with Gasteiger partial charge in [0, 0.05) is 37.5 Å². The first kappa shape index (κ1) is 52.8. The Balaban J connectivity index is 1.06. The maximum Gasteiger partial charge on any atom is 0.437 e. The molecular weight excluding hydrogens is 994 g/mol. The maximum absolute atomic E-state index is 16.1. The van der Waals surface area contributed by atoms with Crippen molar-refractivity contribution in [2.75, 3.05) is 12.0 Å². The Morgan fingerprint density at radius 1 is 0.744 bits per heavy atom. The number of anilines is 2. The molecule has 2 heterocycles. The maximum atomic E-state index is 16.1. The summed E-state index contributed by atoms with van der Waals surface area (Å²) in [5, 5.41) is 30.8. The van der Waals surface area contributed by atoms with Crippen molar-refractivity contribution in [2.24, 2.45) is 40.9 Å². The molecule has 8 bridgehead atoms. The van der Waals surface area contributed by atoms with E-state index in [1.54, 1.807) is 31.4 Å². The summed E-state index contributed by atoms with van der Waals surface area (Å²) in [6.45, 7) is 14.0. The zero-order valence-electron chi connectivity index (χ0n) is 46.6. The summed E-state index contributed by atoms with van der Waals surface area (Å²) >= 11 is 0. The second kappa shape index (κ2) is 19.1. The minimum Gasteiger partial charge on any atom is -0.497 e. The number of rotatable bonds is 10. The zero-order chi connectivity index (χ0) is 54.7. The Morgan fingerprint density at radius 2 is 1.31 bits per heavy atom. The van der Waals surface area contributed by atoms with Crippen molar-refractivity contribution >= 4 is 28.3 Å². The molecule has 406 valence electrons. The van der Waals surface area contributed by atoms with Gasteiger partial charge in [-0.05, 0) is 233 Å². The molecule has 3 aromatic rings. The van der Waals surface area contributed by atoms with Gasteiger partial charge in [0.05, 0.1) is 7.11 Å². The highest BCUT2D eigenvalue weighted by molar-refractivity contribution is 8.23. The van der Waals surface area contributed by atoms with Crippen molar-refractivity contribution in [3.63, 3.8) is 0 Å². The van der Waals surface area contributed by atoms with Crippen molar-refractivity contribution < 1.29 is 22.6 Å². The molecule has 2 unspecified atom stereocenters. The van der Waals surface area contributed by atoms with E-state index in [-0.39, 0.29) is 26.0 Å². The van der Waals surface area contributed by atoms with Gasteiger partial charge in [-0.3, -0.25) is 0 Å². The van der Waals surface area contributed by atoms with Crippen LogP contribution in [-0.4, -0.2) is 28.3 Å². The normalized spacial score (nSPS) is 34.3. The molecule has 78 heavy (non-hydrogen) atoms. The van der Waals surface area contributed by atoms with Crippen LogP contribution in [0.15, 0.2) is 130 Å². The largest absolute Gasteiger partial charge is 0.497 e. The van der Waals surface area contributed by atoms with Crippen LogP contribution in [0.3, 0.4) is 0 Å². The molecule has 0 radical (unpaired) electrons. The lowest BCUT2D eigenvalue weighted by molar-refractivity contribution is -0.249. The zero-order valence-corrected chi connectivity index (χ0v) is 47.5. The van der Waals surface area contributed by atoms with Gasteiger partial charge in [-0.15, -0.1) is 0 Å². The van der Waals surface area contributed by atoms with Gasteiger partial charge >= 0.3 is 6.18 Å². The van der Waals surface area contributed by atoms with Gasteiger partial charge in [0.1, 0.15) is 29.5 Å². The Labute approximate surface area is 463 Å². The number of nitriles is 3. The molecule has 0 N–H and O–H groups in total. The topological polar surface area (TPSA) is 93.1 Å². The van der Waals surface area contributed by atoms with Crippen LogP contribution in [0.4, 0.5) is 24.5 Å². The van der Waals surface area contributed by atoms with Crippen LogP contribution in [0.2, 0.25) is 0 Å². The van der Waals surface area contributed by atoms with E-state index in [9.17, 15) is 15.8 Å². The molecule has 0 aromatic heterocycles. The van der Waals surface area contributed by atoms with E-state index in [4.69, 9.17) is 9.47 Å². The van der Waals surface area contributed by atoms with Gasteiger partial charge in [-0.2, -0.15) is 29.0 Å². The van der Waals surface area contributed by atoms with Crippen LogP contribution in [0.1, 0.15) is 159 Å². The Morgan fingerprint density at radius 3 is 1.82 bits per heavy atom. The van der Waals surface area contributed by atoms with E-state index < -0.39 is 45.2 Å². The summed E-state index contributed by atoms with van der Waals surface area (Å²) in [5.74, 6) is 5.06. The van der Waals surface area contributed by atoms with Gasteiger partial charge in [0.15, 0.2) is 11.3 Å². The fourth-order valence-electron chi connectivity index (χ4n) is 18.6. The van der Waals surface area contributed by atoms with Crippen LogP contribution in [-0.2, 0) is 10.3 Å². The average Bonchev–Trinajstić information content (AvgIpc) is 2.85. The number of methoxy groups -OCH3 is 1. The lowest BCUT2D eigenvalue weighted by atomic mass is 9.55. The number of aryl methyl sites for hydroxylation is 1. The van der Waals surface area contributed by atoms with Gasteiger partial charge in [-0.25, -0.2) is 10.9 Å². The summed E-state index contributed by atoms with van der Waals surface area (Å²) < 4.78 is 60.2. The SMILES string of the molecule is COc1ccc(N2c3cc(C)c(/C=C/C4=C([SH](C56CC7CC(CC(C7)C5)C6)C56CC7CC(CC(C7)C5)C6)C(=C/C=C/C5=C(C#N)C(=C(C#N)C#N)OC5(c5ccccc5)C(F)(F)F)/CC(C)(C)C4)cc3C(C)CC2(C)C)cc1. The summed E-state index contributed by atoms with van der Waals surface area (Å²) in [4.78, 5) is 4.03. The second-order valence-electron chi connectivity index (χ2n) is 27.1. The number of alkyl halides is 3. The van der Waals surface area contributed by atoms with Crippen molar-refractivity contribution in [3.8, 4) is 24.0 Å². The first-order valence-electron chi connectivity index (χ1n) is 28.9. The summed E-state index contributed by atoms with van der Waals surface area (Å²) in [6.07, 6.45) is 23.6. The highest BCUT2D eigenvalue weighted by Gasteiger charge is 2.66. The Bertz CT molecular complexity index is 3130. The van der Waals surface area contributed by atoms with Gasteiger partial charge < -0.3 is 14.4 Å². The number of fused-ring (bicyclic) bond motifs is 1. The van der Waals surface area contributed by atoms with E-state index in [0.29, 0.717) is 5.92 Å². The van der Waals surface area contributed by atoms with E-state index >= 15 is 13.2 Å². The van der Waals surface area contributed by atoms with E-state index in [2.05, 4.69) is 88.9 Å².